The van der Waals surface area contributed by atoms with Crippen LogP contribution in [-0.4, -0.2) is 41.9 Å². The summed E-state index contributed by atoms with van der Waals surface area (Å²) in [6.45, 7) is 3.53. The Kier molecular flexibility index (Phi) is 7.33. The summed E-state index contributed by atoms with van der Waals surface area (Å²) in [4.78, 5) is 46.6. The van der Waals surface area contributed by atoms with Crippen molar-refractivity contribution in [3.05, 3.63) is 38.9 Å². The number of amides is 2. The van der Waals surface area contributed by atoms with Gasteiger partial charge in [-0.05, 0) is 30.7 Å². The summed E-state index contributed by atoms with van der Waals surface area (Å²) in [5.74, 6) is -1.57. The number of nitro groups is 1. The van der Waals surface area contributed by atoms with Gasteiger partial charge in [0, 0.05) is 12.1 Å². The summed E-state index contributed by atoms with van der Waals surface area (Å²) in [5, 5.41) is 15.7. The van der Waals surface area contributed by atoms with Crippen LogP contribution in [0.1, 0.15) is 37.0 Å². The number of hydrogen-bond acceptors (Lipinski definition) is 6. The number of nitrogens with one attached hydrogen (secondary N) is 2. The molecule has 1 atom stereocenters. The predicted molar refractivity (Wildman–Crippen MR) is 101 cm³/mol. The molecule has 1 unspecified atom stereocenters. The Morgan fingerprint density at radius 2 is 2.00 bits per heavy atom. The van der Waals surface area contributed by atoms with Crippen LogP contribution >= 0.6 is 11.6 Å². The van der Waals surface area contributed by atoms with Crippen LogP contribution in [0.2, 0.25) is 5.02 Å². The fraction of sp³-hybridized carbons (Fsp3) is 0.500. The molecular weight excluding hydrogens is 390 g/mol. The van der Waals surface area contributed by atoms with Crippen molar-refractivity contribution in [2.24, 2.45) is 11.8 Å². The summed E-state index contributed by atoms with van der Waals surface area (Å²) >= 11 is 5.95. The number of nitrogens with zero attached hydrogens (tertiary/aromatic N) is 1. The molecule has 0 spiro atoms. The van der Waals surface area contributed by atoms with E-state index in [0.29, 0.717) is 12.5 Å². The van der Waals surface area contributed by atoms with Crippen LogP contribution in [0.15, 0.2) is 18.2 Å². The number of carbonyl (C=O) groups is 3. The van der Waals surface area contributed by atoms with Crippen LogP contribution in [0.25, 0.3) is 0 Å². The van der Waals surface area contributed by atoms with Crippen LogP contribution in [0.3, 0.4) is 0 Å². The highest BCUT2D eigenvalue weighted by Crippen LogP contribution is 2.28. The predicted octanol–water partition coefficient (Wildman–Crippen LogP) is 2.07. The van der Waals surface area contributed by atoms with Gasteiger partial charge in [-0.15, -0.1) is 0 Å². The van der Waals surface area contributed by atoms with Gasteiger partial charge in [-0.3, -0.25) is 24.5 Å². The number of nitro benzene ring substituents is 1. The van der Waals surface area contributed by atoms with E-state index < -0.39 is 28.7 Å². The molecule has 2 N–H and O–H groups in total. The average Bonchev–Trinajstić information content (AvgIpc) is 3.46. The van der Waals surface area contributed by atoms with Gasteiger partial charge in [0.05, 0.1) is 22.1 Å². The number of hydrogen-bond donors (Lipinski definition) is 2. The van der Waals surface area contributed by atoms with Gasteiger partial charge in [0.2, 0.25) is 5.91 Å². The molecule has 1 aromatic rings. The number of esters is 1. The Balaban J connectivity index is 1.95. The van der Waals surface area contributed by atoms with Crippen molar-refractivity contribution in [1.29, 1.82) is 0 Å². The lowest BCUT2D eigenvalue weighted by Crippen LogP contribution is -2.50. The largest absolute Gasteiger partial charge is 0.464 e. The van der Waals surface area contributed by atoms with Crippen molar-refractivity contribution >= 4 is 35.1 Å². The normalized spacial score (nSPS) is 14.3. The summed E-state index contributed by atoms with van der Waals surface area (Å²) < 4.78 is 5.04. The van der Waals surface area contributed by atoms with Gasteiger partial charge in [-0.1, -0.05) is 25.4 Å². The summed E-state index contributed by atoms with van der Waals surface area (Å²) in [6.07, 6.45) is 2.10. The monoisotopic (exact) mass is 411 g/mol. The van der Waals surface area contributed by atoms with E-state index >= 15 is 0 Å². The van der Waals surface area contributed by atoms with Crippen LogP contribution in [-0.2, 0) is 14.3 Å². The number of non-ortho nitro benzene ring substituents is 1. The summed E-state index contributed by atoms with van der Waals surface area (Å²) in [7, 11) is 0. The van der Waals surface area contributed by atoms with Gasteiger partial charge in [0.15, 0.2) is 0 Å². The SMILES string of the molecule is CC(C)C(NC(=O)c1ccc([N+](=O)[O-])cc1Cl)C(=O)NCC(=O)OCC1CC1. The van der Waals surface area contributed by atoms with Crippen molar-refractivity contribution < 1.29 is 24.0 Å². The third kappa shape index (κ3) is 6.19. The standard InChI is InChI=1S/C18H22ClN3O6/c1-10(2)16(18(25)20-8-15(23)28-9-11-3-4-11)21-17(24)13-6-5-12(22(26)27)7-14(13)19/h5-7,10-11,16H,3-4,8-9H2,1-2H3,(H,20,25)(H,21,24). The summed E-state index contributed by atoms with van der Waals surface area (Å²) in [6, 6.07) is 2.52. The zero-order valence-corrected chi connectivity index (χ0v) is 16.3. The minimum absolute atomic E-state index is 0.00885. The molecule has 152 valence electrons. The Labute approximate surface area is 166 Å². The molecule has 0 radical (unpaired) electrons. The minimum Gasteiger partial charge on any atom is -0.464 e. The molecule has 28 heavy (non-hydrogen) atoms. The maximum Gasteiger partial charge on any atom is 0.325 e. The third-order valence-corrected chi connectivity index (χ3v) is 4.54. The Bertz CT molecular complexity index is 779. The van der Waals surface area contributed by atoms with Gasteiger partial charge < -0.3 is 15.4 Å². The number of benzene rings is 1. The van der Waals surface area contributed by atoms with Crippen LogP contribution in [0.5, 0.6) is 0 Å². The second-order valence-corrected chi connectivity index (χ2v) is 7.37. The smallest absolute Gasteiger partial charge is 0.325 e. The molecule has 9 nitrogen and oxygen atoms in total. The molecule has 1 saturated carbocycles. The molecule has 1 aliphatic rings. The van der Waals surface area contributed by atoms with E-state index in [0.717, 1.165) is 25.0 Å². The van der Waals surface area contributed by atoms with Crippen molar-refractivity contribution in [2.75, 3.05) is 13.2 Å². The molecule has 0 saturated heterocycles. The number of ether oxygens (including phenoxy) is 1. The van der Waals surface area contributed by atoms with Crippen LogP contribution in [0, 0.1) is 22.0 Å². The van der Waals surface area contributed by atoms with Gasteiger partial charge in [-0.2, -0.15) is 0 Å². The van der Waals surface area contributed by atoms with Gasteiger partial charge in [-0.25, -0.2) is 0 Å². The number of carbonyl (C=O) groups excluding carboxylic acids is 3. The molecule has 1 fully saturated rings. The number of halogens is 1. The average molecular weight is 412 g/mol. The first kappa shape index (κ1) is 21.6. The van der Waals surface area contributed by atoms with Crippen LogP contribution < -0.4 is 10.6 Å². The van der Waals surface area contributed by atoms with E-state index in [1.807, 2.05) is 0 Å². The van der Waals surface area contributed by atoms with Gasteiger partial charge in [0.1, 0.15) is 12.6 Å². The second kappa shape index (κ2) is 9.50. The second-order valence-electron chi connectivity index (χ2n) is 6.96. The molecule has 1 aromatic carbocycles. The third-order valence-electron chi connectivity index (χ3n) is 4.23. The highest BCUT2D eigenvalue weighted by atomic mass is 35.5. The maximum atomic E-state index is 12.5. The first-order chi connectivity index (χ1) is 13.2. The zero-order valence-electron chi connectivity index (χ0n) is 15.6. The lowest BCUT2D eigenvalue weighted by atomic mass is 10.0. The van der Waals surface area contributed by atoms with Crippen molar-refractivity contribution in [3.8, 4) is 0 Å². The lowest BCUT2D eigenvalue weighted by molar-refractivity contribution is -0.384. The quantitative estimate of drug-likeness (QED) is 0.363. The lowest BCUT2D eigenvalue weighted by Gasteiger charge is -2.21. The fourth-order valence-corrected chi connectivity index (χ4v) is 2.63. The molecule has 0 aromatic heterocycles. The first-order valence-electron chi connectivity index (χ1n) is 8.87. The highest BCUT2D eigenvalue weighted by Gasteiger charge is 2.27. The Morgan fingerprint density at radius 1 is 1.32 bits per heavy atom. The first-order valence-corrected chi connectivity index (χ1v) is 9.25. The molecule has 2 amide bonds. The van der Waals surface area contributed by atoms with E-state index in [1.165, 1.54) is 6.07 Å². The minimum atomic E-state index is -0.921. The zero-order chi connectivity index (χ0) is 20.8. The van der Waals surface area contributed by atoms with Crippen molar-refractivity contribution in [2.45, 2.75) is 32.7 Å². The fourth-order valence-electron chi connectivity index (χ4n) is 2.37. The van der Waals surface area contributed by atoms with E-state index in [2.05, 4.69) is 10.6 Å². The molecule has 1 aliphatic carbocycles. The van der Waals surface area contributed by atoms with Crippen molar-refractivity contribution in [3.63, 3.8) is 0 Å². The van der Waals surface area contributed by atoms with Crippen molar-refractivity contribution in [1.82, 2.24) is 10.6 Å². The topological polar surface area (TPSA) is 128 Å². The number of rotatable bonds is 9. The Hall–Kier alpha value is -2.68. The van der Waals surface area contributed by atoms with Gasteiger partial charge in [0.25, 0.3) is 11.6 Å². The molecule has 0 aliphatic heterocycles. The van der Waals surface area contributed by atoms with Crippen LogP contribution in [0.4, 0.5) is 5.69 Å². The van der Waals surface area contributed by atoms with E-state index in [1.54, 1.807) is 13.8 Å². The van der Waals surface area contributed by atoms with E-state index in [-0.39, 0.29) is 28.7 Å². The molecule has 0 heterocycles. The molecular formula is C18H22ClN3O6. The van der Waals surface area contributed by atoms with E-state index in [4.69, 9.17) is 16.3 Å². The maximum absolute atomic E-state index is 12.5. The highest BCUT2D eigenvalue weighted by molar-refractivity contribution is 6.34. The molecule has 0 bridgehead atoms. The molecule has 10 heteroatoms. The van der Waals surface area contributed by atoms with E-state index in [9.17, 15) is 24.5 Å². The van der Waals surface area contributed by atoms with Gasteiger partial charge >= 0.3 is 5.97 Å². The molecule has 2 rings (SSSR count). The Morgan fingerprint density at radius 3 is 2.54 bits per heavy atom. The summed E-state index contributed by atoms with van der Waals surface area (Å²) in [5.41, 5.74) is -0.237.